The van der Waals surface area contributed by atoms with Gasteiger partial charge in [0.2, 0.25) is 0 Å². The van der Waals surface area contributed by atoms with Gasteiger partial charge in [0.05, 0.1) is 5.60 Å². The number of nitrogens with zero attached hydrogens (tertiary/aromatic N) is 2. The molecule has 1 aliphatic heterocycles. The largest absolute Gasteiger partial charge is 0.384 e. The lowest BCUT2D eigenvalue weighted by Gasteiger charge is -2.54. The number of hydrogen-bond donors (Lipinski definition) is 1. The average Bonchev–Trinajstić information content (AvgIpc) is 3.01. The van der Waals surface area contributed by atoms with E-state index in [1.165, 1.54) is 32.1 Å². The van der Waals surface area contributed by atoms with Crippen molar-refractivity contribution in [3.63, 3.8) is 0 Å². The molecule has 2 heterocycles. The number of likely N-dealkylation sites (tertiary alicyclic amines) is 1. The molecule has 3 fully saturated rings. The van der Waals surface area contributed by atoms with Gasteiger partial charge in [0.15, 0.2) is 0 Å². The normalized spacial score (nSPS) is 36.6. The molecule has 22 heavy (non-hydrogen) atoms. The Morgan fingerprint density at radius 1 is 1.09 bits per heavy atom. The first-order chi connectivity index (χ1) is 10.7. The Hall–Kier alpha value is -0.640. The molecule has 2 saturated carbocycles. The topological polar surface area (TPSA) is 36.4 Å². The summed E-state index contributed by atoms with van der Waals surface area (Å²) in [4.78, 5) is 6.76. The molecular weight excluding hydrogens is 296 g/mol. The van der Waals surface area contributed by atoms with Gasteiger partial charge in [-0.05, 0) is 43.4 Å². The predicted octanol–water partition coefficient (Wildman–Crippen LogP) is 3.60. The number of aromatic nitrogens is 1. The second-order valence-corrected chi connectivity index (χ2v) is 7.80. The van der Waals surface area contributed by atoms with E-state index >= 15 is 0 Å². The maximum absolute atomic E-state index is 11.6. The minimum absolute atomic E-state index is 0.332. The summed E-state index contributed by atoms with van der Waals surface area (Å²) in [6, 6.07) is 4.59. The number of pyridine rings is 1. The van der Waals surface area contributed by atoms with Gasteiger partial charge in [0.1, 0.15) is 5.15 Å². The fourth-order valence-electron chi connectivity index (χ4n) is 5.18. The van der Waals surface area contributed by atoms with Crippen molar-refractivity contribution < 1.29 is 5.11 Å². The summed E-state index contributed by atoms with van der Waals surface area (Å²) in [5.41, 5.74) is 0.271. The van der Waals surface area contributed by atoms with Crippen molar-refractivity contribution in [2.75, 3.05) is 13.1 Å². The number of hydrogen-bond acceptors (Lipinski definition) is 3. The maximum atomic E-state index is 11.6. The van der Waals surface area contributed by atoms with Crippen molar-refractivity contribution in [1.82, 2.24) is 9.88 Å². The van der Waals surface area contributed by atoms with E-state index in [1.807, 2.05) is 12.1 Å². The van der Waals surface area contributed by atoms with E-state index in [0.29, 0.717) is 17.0 Å². The second kappa shape index (κ2) is 5.77. The molecule has 1 aromatic heterocycles. The SMILES string of the molecule is O[C@@]1(c2ccnc(Cl)c2)[C@@H]2CCC[C@H]1CN(C1CCCC1)C2. The summed E-state index contributed by atoms with van der Waals surface area (Å²) in [6.45, 7) is 2.08. The van der Waals surface area contributed by atoms with Crippen LogP contribution in [0.2, 0.25) is 5.15 Å². The summed E-state index contributed by atoms with van der Waals surface area (Å²) in [5, 5.41) is 12.1. The van der Waals surface area contributed by atoms with Crippen LogP contribution in [0.25, 0.3) is 0 Å². The molecule has 0 radical (unpaired) electrons. The van der Waals surface area contributed by atoms with Gasteiger partial charge in [0.25, 0.3) is 0 Å². The highest BCUT2D eigenvalue weighted by Gasteiger charge is 2.52. The first-order valence-corrected chi connectivity index (χ1v) is 9.14. The van der Waals surface area contributed by atoms with Gasteiger partial charge in [-0.15, -0.1) is 0 Å². The maximum Gasteiger partial charge on any atom is 0.129 e. The van der Waals surface area contributed by atoms with Gasteiger partial charge in [-0.25, -0.2) is 4.98 Å². The quantitative estimate of drug-likeness (QED) is 0.846. The van der Waals surface area contributed by atoms with Crippen molar-refractivity contribution in [2.45, 2.75) is 56.6 Å². The molecule has 1 saturated heterocycles. The van der Waals surface area contributed by atoms with Crippen molar-refractivity contribution in [1.29, 1.82) is 0 Å². The van der Waals surface area contributed by atoms with E-state index < -0.39 is 5.60 Å². The van der Waals surface area contributed by atoms with Gasteiger partial charge < -0.3 is 5.11 Å². The van der Waals surface area contributed by atoms with Crippen molar-refractivity contribution in [3.8, 4) is 0 Å². The monoisotopic (exact) mass is 320 g/mol. The standard InChI is InChI=1S/C18H25ClN2O/c19-17-10-13(8-9-20-17)18(22)14-4-3-5-15(18)12-21(11-14)16-6-1-2-7-16/h8-10,14-16,22H,1-7,11-12H2/t14-,15+,18+. The third kappa shape index (κ3) is 2.38. The number of rotatable bonds is 2. The Morgan fingerprint density at radius 2 is 1.77 bits per heavy atom. The molecule has 4 rings (SSSR count). The van der Waals surface area contributed by atoms with E-state index in [0.717, 1.165) is 37.5 Å². The van der Waals surface area contributed by atoms with E-state index in [9.17, 15) is 5.11 Å². The smallest absolute Gasteiger partial charge is 0.129 e. The number of aliphatic hydroxyl groups is 1. The Balaban J connectivity index is 1.64. The number of halogens is 1. The van der Waals surface area contributed by atoms with Crippen molar-refractivity contribution in [2.24, 2.45) is 11.8 Å². The summed E-state index contributed by atoms with van der Waals surface area (Å²) < 4.78 is 0. The molecule has 0 unspecified atom stereocenters. The third-order valence-electron chi connectivity index (χ3n) is 6.29. The molecule has 3 aliphatic rings. The highest BCUT2D eigenvalue weighted by Crippen LogP contribution is 2.50. The van der Waals surface area contributed by atoms with Gasteiger partial charge in [0, 0.05) is 37.2 Å². The summed E-state index contributed by atoms with van der Waals surface area (Å²) in [6.07, 6.45) is 10.7. The predicted molar refractivity (Wildman–Crippen MR) is 87.8 cm³/mol. The Morgan fingerprint density at radius 3 is 2.41 bits per heavy atom. The van der Waals surface area contributed by atoms with Crippen molar-refractivity contribution >= 4 is 11.6 Å². The van der Waals surface area contributed by atoms with E-state index in [1.54, 1.807) is 6.20 Å². The minimum Gasteiger partial charge on any atom is -0.384 e. The van der Waals surface area contributed by atoms with E-state index in [2.05, 4.69) is 9.88 Å². The Bertz CT molecular complexity index is 530. The fraction of sp³-hybridized carbons (Fsp3) is 0.722. The summed E-state index contributed by atoms with van der Waals surface area (Å²) >= 11 is 6.08. The highest BCUT2D eigenvalue weighted by molar-refractivity contribution is 6.29. The number of piperidine rings is 1. The molecule has 0 spiro atoms. The second-order valence-electron chi connectivity index (χ2n) is 7.41. The summed E-state index contributed by atoms with van der Waals surface area (Å²) in [7, 11) is 0. The molecule has 2 bridgehead atoms. The van der Waals surface area contributed by atoms with Crippen LogP contribution < -0.4 is 0 Å². The van der Waals surface area contributed by atoms with Crippen LogP contribution in [-0.2, 0) is 5.60 Å². The molecule has 120 valence electrons. The van der Waals surface area contributed by atoms with Gasteiger partial charge >= 0.3 is 0 Å². The van der Waals surface area contributed by atoms with Crippen molar-refractivity contribution in [3.05, 3.63) is 29.0 Å². The van der Waals surface area contributed by atoms with Gasteiger partial charge in [-0.2, -0.15) is 0 Å². The average molecular weight is 321 g/mol. The van der Waals surface area contributed by atoms with Crippen LogP contribution in [0.4, 0.5) is 0 Å². The lowest BCUT2D eigenvalue weighted by Crippen LogP contribution is -2.59. The zero-order chi connectivity index (χ0) is 15.2. The Labute approximate surface area is 137 Å². The molecular formula is C18H25ClN2O. The highest BCUT2D eigenvalue weighted by atomic mass is 35.5. The molecule has 1 aromatic rings. The summed E-state index contributed by atoms with van der Waals surface area (Å²) in [5.74, 6) is 0.665. The minimum atomic E-state index is -0.708. The van der Waals surface area contributed by atoms with Crippen LogP contribution >= 0.6 is 11.6 Å². The van der Waals surface area contributed by atoms with Crippen LogP contribution in [0.15, 0.2) is 18.3 Å². The molecule has 1 N–H and O–H groups in total. The molecule has 0 amide bonds. The van der Waals surface area contributed by atoms with E-state index in [-0.39, 0.29) is 0 Å². The first kappa shape index (κ1) is 14.9. The lowest BCUT2D eigenvalue weighted by atomic mass is 9.62. The third-order valence-corrected chi connectivity index (χ3v) is 6.50. The zero-order valence-electron chi connectivity index (χ0n) is 13.0. The zero-order valence-corrected chi connectivity index (χ0v) is 13.8. The van der Waals surface area contributed by atoms with Crippen LogP contribution in [0.1, 0.15) is 50.5 Å². The first-order valence-electron chi connectivity index (χ1n) is 8.76. The van der Waals surface area contributed by atoms with Crippen LogP contribution in [0.5, 0.6) is 0 Å². The molecule has 2 aliphatic carbocycles. The van der Waals surface area contributed by atoms with Crippen LogP contribution in [0, 0.1) is 11.8 Å². The molecule has 4 heteroatoms. The number of fused-ring (bicyclic) bond motifs is 2. The molecule has 0 aromatic carbocycles. The van der Waals surface area contributed by atoms with E-state index in [4.69, 9.17) is 11.6 Å². The lowest BCUT2D eigenvalue weighted by molar-refractivity contribution is -0.153. The van der Waals surface area contributed by atoms with Crippen LogP contribution in [-0.4, -0.2) is 34.1 Å². The van der Waals surface area contributed by atoms with Crippen LogP contribution in [0.3, 0.4) is 0 Å². The Kier molecular flexibility index (Phi) is 3.91. The molecule has 3 atom stereocenters. The van der Waals surface area contributed by atoms with Gasteiger partial charge in [-0.3, -0.25) is 4.90 Å². The molecule has 3 nitrogen and oxygen atoms in total. The fourth-order valence-corrected chi connectivity index (χ4v) is 5.35. The van der Waals surface area contributed by atoms with Gasteiger partial charge in [-0.1, -0.05) is 30.9 Å².